The van der Waals surface area contributed by atoms with E-state index < -0.39 is 0 Å². The normalized spacial score (nSPS) is 16.4. The Labute approximate surface area is 63.7 Å². The third kappa shape index (κ3) is 1.11. The molecular formula is C7H8N2O2. The van der Waals surface area contributed by atoms with Gasteiger partial charge in [0, 0.05) is 5.92 Å². The van der Waals surface area contributed by atoms with Crippen LogP contribution >= 0.6 is 0 Å². The molecular weight excluding hydrogens is 144 g/mol. The summed E-state index contributed by atoms with van der Waals surface area (Å²) in [4.78, 5) is 15.9. The van der Waals surface area contributed by atoms with Gasteiger partial charge in [-0.2, -0.15) is 0 Å². The number of nitrogens with zero attached hydrogens (tertiary/aromatic N) is 2. The lowest BCUT2D eigenvalue weighted by atomic mass is 10.3. The molecule has 1 aromatic heterocycles. The summed E-state index contributed by atoms with van der Waals surface area (Å²) in [7, 11) is 0. The molecule has 0 bridgehead atoms. The van der Waals surface area contributed by atoms with Gasteiger partial charge in [0.25, 0.3) is 0 Å². The van der Waals surface area contributed by atoms with Crippen molar-refractivity contribution in [2.24, 2.45) is 0 Å². The van der Waals surface area contributed by atoms with Crippen LogP contribution in [-0.4, -0.2) is 16.4 Å². The Kier molecular flexibility index (Phi) is 1.38. The predicted octanol–water partition coefficient (Wildman–Crippen LogP) is 0.345. The van der Waals surface area contributed by atoms with Gasteiger partial charge in [0.15, 0.2) is 0 Å². The van der Waals surface area contributed by atoms with Crippen LogP contribution in [0.3, 0.4) is 0 Å². The van der Waals surface area contributed by atoms with Crippen molar-refractivity contribution < 1.29 is 9.63 Å². The Bertz CT molecular complexity index is 265. The van der Waals surface area contributed by atoms with Crippen LogP contribution in [0.25, 0.3) is 0 Å². The maximum absolute atomic E-state index is 9.98. The highest BCUT2D eigenvalue weighted by atomic mass is 16.7. The Morgan fingerprint density at radius 3 is 3.18 bits per heavy atom. The summed E-state index contributed by atoms with van der Waals surface area (Å²) in [6.07, 6.45) is 3.99. The topological polar surface area (TPSA) is 44.1 Å². The van der Waals surface area contributed by atoms with Crippen molar-refractivity contribution >= 4 is 6.47 Å². The monoisotopic (exact) mass is 152 g/mol. The van der Waals surface area contributed by atoms with Crippen LogP contribution in [0.4, 0.5) is 0 Å². The molecule has 1 fully saturated rings. The summed E-state index contributed by atoms with van der Waals surface area (Å²) in [5, 5.41) is 3.83. The number of aromatic nitrogens is 2. The Balaban J connectivity index is 2.22. The van der Waals surface area contributed by atoms with E-state index in [0.717, 1.165) is 5.69 Å². The molecule has 0 amide bonds. The van der Waals surface area contributed by atoms with E-state index in [1.54, 1.807) is 6.20 Å². The lowest BCUT2D eigenvalue weighted by Gasteiger charge is -1.99. The minimum Gasteiger partial charge on any atom is -0.322 e. The van der Waals surface area contributed by atoms with Gasteiger partial charge >= 0.3 is 6.47 Å². The van der Waals surface area contributed by atoms with Crippen LogP contribution < -0.4 is 4.84 Å². The number of hydrogen-bond donors (Lipinski definition) is 0. The molecule has 0 saturated heterocycles. The van der Waals surface area contributed by atoms with E-state index in [-0.39, 0.29) is 0 Å². The van der Waals surface area contributed by atoms with Gasteiger partial charge in [0.2, 0.25) is 0 Å². The third-order valence-electron chi connectivity index (χ3n) is 1.78. The summed E-state index contributed by atoms with van der Waals surface area (Å²) in [5.74, 6) is 0.553. The fraction of sp³-hybridized carbons (Fsp3) is 0.429. The molecule has 4 nitrogen and oxygen atoms in total. The zero-order valence-electron chi connectivity index (χ0n) is 5.93. The second-order valence-corrected chi connectivity index (χ2v) is 2.60. The highest BCUT2D eigenvalue weighted by molar-refractivity contribution is 5.37. The molecule has 0 radical (unpaired) electrons. The largest absolute Gasteiger partial charge is 0.323 e. The number of hydrogen-bond acceptors (Lipinski definition) is 3. The molecule has 2 rings (SSSR count). The lowest BCUT2D eigenvalue weighted by Crippen LogP contribution is -2.13. The highest BCUT2D eigenvalue weighted by Crippen LogP contribution is 2.39. The molecule has 0 aliphatic heterocycles. The fourth-order valence-electron chi connectivity index (χ4n) is 1.10. The number of carbonyl (C=O) groups is 1. The first-order valence-corrected chi connectivity index (χ1v) is 3.56. The highest BCUT2D eigenvalue weighted by Gasteiger charge is 2.27. The zero-order chi connectivity index (χ0) is 7.68. The molecule has 0 spiro atoms. The molecule has 0 unspecified atom stereocenters. The molecule has 1 aliphatic rings. The first-order chi connectivity index (χ1) is 5.42. The van der Waals surface area contributed by atoms with E-state index in [1.165, 1.54) is 17.7 Å². The van der Waals surface area contributed by atoms with E-state index in [9.17, 15) is 4.79 Å². The maximum atomic E-state index is 9.98. The van der Waals surface area contributed by atoms with E-state index in [2.05, 4.69) is 9.94 Å². The van der Waals surface area contributed by atoms with Crippen LogP contribution in [-0.2, 0) is 4.79 Å². The fourth-order valence-corrected chi connectivity index (χ4v) is 1.10. The van der Waals surface area contributed by atoms with Crippen molar-refractivity contribution in [1.82, 2.24) is 9.94 Å². The predicted molar refractivity (Wildman–Crippen MR) is 36.8 cm³/mol. The van der Waals surface area contributed by atoms with Crippen LogP contribution in [0.2, 0.25) is 0 Å². The second kappa shape index (κ2) is 2.38. The van der Waals surface area contributed by atoms with Crippen LogP contribution in [0, 0.1) is 0 Å². The number of rotatable bonds is 3. The molecule has 1 aliphatic carbocycles. The van der Waals surface area contributed by atoms with Gasteiger partial charge in [-0.25, -0.2) is 0 Å². The first kappa shape index (κ1) is 6.39. The van der Waals surface area contributed by atoms with E-state index in [0.29, 0.717) is 12.4 Å². The minimum absolute atomic E-state index is 0.388. The summed E-state index contributed by atoms with van der Waals surface area (Å²) in [5.41, 5.74) is 0.997. The van der Waals surface area contributed by atoms with Gasteiger partial charge in [-0.3, -0.25) is 4.79 Å². The SMILES string of the molecule is O=COn1nccc1C1CC1. The average Bonchev–Trinajstić information content (AvgIpc) is 2.75. The lowest BCUT2D eigenvalue weighted by molar-refractivity contribution is -0.131. The van der Waals surface area contributed by atoms with Crippen molar-refractivity contribution in [2.45, 2.75) is 18.8 Å². The Morgan fingerprint density at radius 2 is 2.55 bits per heavy atom. The standard InChI is InChI=1S/C7H8N2O2/c10-5-11-9-7(3-4-8-9)6-1-2-6/h3-6H,1-2H2. The average molecular weight is 152 g/mol. The molecule has 4 heteroatoms. The van der Waals surface area contributed by atoms with Crippen LogP contribution in [0.5, 0.6) is 0 Å². The molecule has 11 heavy (non-hydrogen) atoms. The minimum atomic E-state index is 0.388. The summed E-state index contributed by atoms with van der Waals surface area (Å²) >= 11 is 0. The van der Waals surface area contributed by atoms with Crippen molar-refractivity contribution in [2.75, 3.05) is 0 Å². The third-order valence-corrected chi connectivity index (χ3v) is 1.78. The second-order valence-electron chi connectivity index (χ2n) is 2.60. The van der Waals surface area contributed by atoms with Crippen molar-refractivity contribution in [3.05, 3.63) is 18.0 Å². The van der Waals surface area contributed by atoms with Gasteiger partial charge in [0.1, 0.15) is 0 Å². The van der Waals surface area contributed by atoms with Crippen LogP contribution in [0.15, 0.2) is 12.3 Å². The zero-order valence-corrected chi connectivity index (χ0v) is 5.93. The summed E-state index contributed by atoms with van der Waals surface area (Å²) in [6.45, 7) is 0.388. The van der Waals surface area contributed by atoms with Crippen molar-refractivity contribution in [3.63, 3.8) is 0 Å². The van der Waals surface area contributed by atoms with E-state index in [1.807, 2.05) is 6.07 Å². The molecule has 1 saturated carbocycles. The molecule has 58 valence electrons. The molecule has 1 aromatic rings. The van der Waals surface area contributed by atoms with Crippen molar-refractivity contribution in [3.8, 4) is 0 Å². The van der Waals surface area contributed by atoms with E-state index in [4.69, 9.17) is 0 Å². The molecule has 0 aromatic carbocycles. The van der Waals surface area contributed by atoms with Gasteiger partial charge in [0.05, 0.1) is 11.9 Å². The van der Waals surface area contributed by atoms with Gasteiger partial charge in [-0.1, -0.05) is 4.85 Å². The van der Waals surface area contributed by atoms with E-state index >= 15 is 0 Å². The first-order valence-electron chi connectivity index (χ1n) is 3.56. The maximum Gasteiger partial charge on any atom is 0.323 e. The smallest absolute Gasteiger partial charge is 0.322 e. The quantitative estimate of drug-likeness (QED) is 0.587. The van der Waals surface area contributed by atoms with Gasteiger partial charge in [-0.15, -0.1) is 5.10 Å². The van der Waals surface area contributed by atoms with Gasteiger partial charge < -0.3 is 4.84 Å². The van der Waals surface area contributed by atoms with Crippen molar-refractivity contribution in [1.29, 1.82) is 0 Å². The molecule has 1 heterocycles. The Hall–Kier alpha value is -1.32. The Morgan fingerprint density at radius 1 is 1.73 bits per heavy atom. The number of carbonyl (C=O) groups excluding carboxylic acids is 1. The summed E-state index contributed by atoms with van der Waals surface area (Å²) in [6, 6.07) is 1.88. The summed E-state index contributed by atoms with van der Waals surface area (Å²) < 4.78 is 0. The van der Waals surface area contributed by atoms with Crippen LogP contribution in [0.1, 0.15) is 24.5 Å². The molecule has 0 N–H and O–H groups in total. The van der Waals surface area contributed by atoms with Gasteiger partial charge in [-0.05, 0) is 18.9 Å². The molecule has 0 atom stereocenters.